The van der Waals surface area contributed by atoms with E-state index >= 15 is 0 Å². The van der Waals surface area contributed by atoms with Crippen molar-refractivity contribution in [3.8, 4) is 0 Å². The Bertz CT molecular complexity index is 490. The lowest BCUT2D eigenvalue weighted by Gasteiger charge is -2.15. The van der Waals surface area contributed by atoms with Crippen LogP contribution in [0.1, 0.15) is 199 Å². The highest BCUT2D eigenvalue weighted by molar-refractivity contribution is 7.80. The molecule has 0 radical (unpaired) electrons. The van der Waals surface area contributed by atoms with Gasteiger partial charge in [0.25, 0.3) is 0 Å². The van der Waals surface area contributed by atoms with Crippen molar-refractivity contribution < 1.29 is 0 Å². The van der Waals surface area contributed by atoms with Gasteiger partial charge in [-0.15, -0.1) is 0 Å². The Kier molecular flexibility index (Phi) is 21.4. The number of hydrogen-bond donors (Lipinski definition) is 1. The Morgan fingerprint density at radius 1 is 0.389 bits per heavy atom. The van der Waals surface area contributed by atoms with Crippen molar-refractivity contribution in [2.45, 2.75) is 205 Å². The third kappa shape index (κ3) is 19.0. The highest BCUT2D eigenvalue weighted by Gasteiger charge is 2.24. The maximum absolute atomic E-state index is 5.69. The molecule has 2 atom stereocenters. The van der Waals surface area contributed by atoms with Crippen molar-refractivity contribution in [2.24, 2.45) is 5.92 Å². The lowest BCUT2D eigenvalue weighted by Crippen LogP contribution is -2.31. The largest absolute Gasteiger partial charge is 0.377 e. The Hall–Kier alpha value is -0.110. The van der Waals surface area contributed by atoms with Gasteiger partial charge in [0.05, 0.1) is 4.99 Å². The van der Waals surface area contributed by atoms with Gasteiger partial charge in [0, 0.05) is 6.04 Å². The van der Waals surface area contributed by atoms with Gasteiger partial charge in [-0.25, -0.2) is 0 Å². The number of fused-ring (bicyclic) bond motifs is 2. The van der Waals surface area contributed by atoms with Crippen LogP contribution in [0.25, 0.3) is 0 Å². The first kappa shape index (κ1) is 32.1. The van der Waals surface area contributed by atoms with Crippen molar-refractivity contribution in [2.75, 3.05) is 0 Å². The zero-order valence-electron chi connectivity index (χ0n) is 24.5. The molecule has 1 saturated carbocycles. The summed E-state index contributed by atoms with van der Waals surface area (Å²) >= 11 is 5.69. The minimum atomic E-state index is 0.681. The zero-order valence-corrected chi connectivity index (χ0v) is 25.3. The molecule has 1 N–H and O–H groups in total. The predicted octanol–water partition coefficient (Wildman–Crippen LogP) is 12.0. The lowest BCUT2D eigenvalue weighted by atomic mass is 9.98. The number of nitrogens with one attached hydrogen (secondary N) is 1. The van der Waals surface area contributed by atoms with Gasteiger partial charge in [-0.1, -0.05) is 179 Å². The molecule has 2 fully saturated rings. The third-order valence-electron chi connectivity index (χ3n) is 9.17. The van der Waals surface area contributed by atoms with Gasteiger partial charge in [0.1, 0.15) is 0 Å². The molecule has 1 heterocycles. The smallest absolute Gasteiger partial charge is 0.0755 e. The van der Waals surface area contributed by atoms with Crippen LogP contribution in [0, 0.1) is 5.92 Å². The van der Waals surface area contributed by atoms with Crippen LogP contribution in [-0.4, -0.2) is 11.0 Å². The van der Waals surface area contributed by atoms with E-state index in [-0.39, 0.29) is 0 Å². The normalized spacial score (nSPS) is 28.2. The molecule has 1 saturated heterocycles. The van der Waals surface area contributed by atoms with Crippen LogP contribution in [-0.2, 0) is 0 Å². The molecule has 0 aromatic carbocycles. The van der Waals surface area contributed by atoms with E-state index in [1.807, 2.05) is 0 Å². The average Bonchev–Trinajstić information content (AvgIpc) is 3.32. The third-order valence-corrected chi connectivity index (χ3v) is 9.49. The number of hydrogen-bond acceptors (Lipinski definition) is 1. The maximum atomic E-state index is 5.69. The van der Waals surface area contributed by atoms with Gasteiger partial charge in [0.15, 0.2) is 0 Å². The first-order chi connectivity index (χ1) is 17.8. The van der Waals surface area contributed by atoms with E-state index < -0.39 is 0 Å². The van der Waals surface area contributed by atoms with E-state index in [9.17, 15) is 0 Å². The lowest BCUT2D eigenvalue weighted by molar-refractivity contribution is 0.450. The molecular formula is C34H65NS. The van der Waals surface area contributed by atoms with E-state index in [1.54, 1.807) is 0 Å². The minimum absolute atomic E-state index is 0.681. The number of rotatable bonds is 0. The quantitative estimate of drug-likeness (QED) is 0.319. The molecule has 2 unspecified atom stereocenters. The molecule has 0 aromatic rings. The first-order valence-corrected chi connectivity index (χ1v) is 17.5. The molecule has 1 aliphatic heterocycles. The highest BCUT2D eigenvalue weighted by atomic mass is 32.1. The fourth-order valence-electron chi connectivity index (χ4n) is 6.73. The highest BCUT2D eigenvalue weighted by Crippen LogP contribution is 2.30. The summed E-state index contributed by atoms with van der Waals surface area (Å²) in [6, 6.07) is 0.681. The first-order valence-electron chi connectivity index (χ1n) is 17.1. The molecular weight excluding hydrogens is 454 g/mol. The molecule has 2 heteroatoms. The summed E-state index contributed by atoms with van der Waals surface area (Å²) in [5.41, 5.74) is 0. The van der Waals surface area contributed by atoms with E-state index in [1.165, 1.54) is 193 Å². The van der Waals surface area contributed by atoms with Crippen LogP contribution in [0.3, 0.4) is 0 Å². The van der Waals surface area contributed by atoms with Gasteiger partial charge >= 0.3 is 0 Å². The van der Waals surface area contributed by atoms with E-state index in [2.05, 4.69) is 5.32 Å². The Morgan fingerprint density at radius 3 is 1.11 bits per heavy atom. The standard InChI is InChI=1S/C34H65NS/c36-34-28-26-24-22-20-18-16-14-12-10-8-6-4-2-1-3-5-7-9-11-13-15-17-19-21-23-25-27-32-29-30-33(31-32)35-34/h32-33H,1-31H2,(H,35,36). The summed E-state index contributed by atoms with van der Waals surface area (Å²) < 4.78 is 0. The van der Waals surface area contributed by atoms with Gasteiger partial charge in [-0.05, 0) is 38.0 Å². The second-order valence-electron chi connectivity index (χ2n) is 12.7. The Morgan fingerprint density at radius 2 is 0.722 bits per heavy atom. The van der Waals surface area contributed by atoms with Gasteiger partial charge < -0.3 is 5.32 Å². The van der Waals surface area contributed by atoms with Crippen molar-refractivity contribution in [1.82, 2.24) is 5.32 Å². The van der Waals surface area contributed by atoms with Gasteiger partial charge in [-0.2, -0.15) is 0 Å². The molecule has 0 spiro atoms. The van der Waals surface area contributed by atoms with Crippen LogP contribution >= 0.6 is 12.2 Å². The molecule has 1 aliphatic carbocycles. The molecule has 1 nitrogen and oxygen atoms in total. The molecule has 212 valence electrons. The minimum Gasteiger partial charge on any atom is -0.377 e. The van der Waals surface area contributed by atoms with Gasteiger partial charge in [-0.3, -0.25) is 0 Å². The average molecular weight is 520 g/mol. The monoisotopic (exact) mass is 519 g/mol. The van der Waals surface area contributed by atoms with E-state index in [4.69, 9.17) is 12.2 Å². The molecule has 2 bridgehead atoms. The van der Waals surface area contributed by atoms with Crippen LogP contribution in [0.4, 0.5) is 0 Å². The Labute approximate surface area is 233 Å². The second-order valence-corrected chi connectivity index (χ2v) is 13.2. The zero-order chi connectivity index (χ0) is 25.4. The van der Waals surface area contributed by atoms with Crippen molar-refractivity contribution in [3.05, 3.63) is 0 Å². The summed E-state index contributed by atoms with van der Waals surface area (Å²) in [5, 5.41) is 3.73. The van der Waals surface area contributed by atoms with Crippen LogP contribution in [0.15, 0.2) is 0 Å². The van der Waals surface area contributed by atoms with E-state index in [0.717, 1.165) is 17.3 Å². The maximum Gasteiger partial charge on any atom is 0.0755 e. The summed E-state index contributed by atoms with van der Waals surface area (Å²) in [6.07, 6.45) is 44.8. The summed E-state index contributed by atoms with van der Waals surface area (Å²) in [4.78, 5) is 1.15. The van der Waals surface area contributed by atoms with Crippen molar-refractivity contribution >= 4 is 17.2 Å². The van der Waals surface area contributed by atoms with Crippen LogP contribution in [0.2, 0.25) is 0 Å². The number of thiocarbonyl (C=S) groups is 1. The fourth-order valence-corrected chi connectivity index (χ4v) is 7.04. The van der Waals surface area contributed by atoms with Crippen LogP contribution < -0.4 is 5.32 Å². The topological polar surface area (TPSA) is 12.0 Å². The van der Waals surface area contributed by atoms with Crippen molar-refractivity contribution in [3.63, 3.8) is 0 Å². The molecule has 2 aliphatic rings. The second kappa shape index (κ2) is 24.0. The van der Waals surface area contributed by atoms with Gasteiger partial charge in [0.2, 0.25) is 0 Å². The summed E-state index contributed by atoms with van der Waals surface area (Å²) in [5.74, 6) is 0.962. The molecule has 0 amide bonds. The Balaban J connectivity index is 1.54. The summed E-state index contributed by atoms with van der Waals surface area (Å²) in [6.45, 7) is 0. The fraction of sp³-hybridized carbons (Fsp3) is 0.971. The SMILES string of the molecule is S=C1CCCCCCCCCCCCCCCCCCCCCCCCCCCCC2CCC(C2)N1. The van der Waals surface area contributed by atoms with E-state index in [0.29, 0.717) is 6.04 Å². The van der Waals surface area contributed by atoms with Crippen LogP contribution in [0.5, 0.6) is 0 Å². The molecule has 36 heavy (non-hydrogen) atoms. The predicted molar refractivity (Wildman–Crippen MR) is 166 cm³/mol. The summed E-state index contributed by atoms with van der Waals surface area (Å²) in [7, 11) is 0. The molecule has 0 aromatic heterocycles. The molecule has 2 rings (SSSR count). The van der Waals surface area contributed by atoms with Crippen molar-refractivity contribution in [1.29, 1.82) is 0 Å².